The van der Waals surface area contributed by atoms with Crippen LogP contribution in [0.4, 0.5) is 11.8 Å². The van der Waals surface area contributed by atoms with Crippen LogP contribution in [0, 0.1) is 11.3 Å². The third kappa shape index (κ3) is 2.74. The van der Waals surface area contributed by atoms with E-state index in [4.69, 9.17) is 11.0 Å². The van der Waals surface area contributed by atoms with E-state index < -0.39 is 0 Å². The van der Waals surface area contributed by atoms with Crippen LogP contribution >= 0.6 is 0 Å². The van der Waals surface area contributed by atoms with Gasteiger partial charge in [0.2, 0.25) is 5.95 Å². The lowest BCUT2D eigenvalue weighted by Crippen LogP contribution is -2.18. The van der Waals surface area contributed by atoms with Gasteiger partial charge in [-0.1, -0.05) is 12.1 Å². The van der Waals surface area contributed by atoms with Crippen molar-refractivity contribution in [1.82, 2.24) is 9.97 Å². The molecule has 5 nitrogen and oxygen atoms in total. The Kier molecular flexibility index (Phi) is 3.39. The van der Waals surface area contributed by atoms with E-state index >= 15 is 0 Å². The fraction of sp³-hybridized carbons (Fsp3) is 0.154. The number of nitrogens with two attached hydrogens (primary N) is 1. The zero-order chi connectivity index (χ0) is 13.0. The fourth-order valence-corrected chi connectivity index (χ4v) is 1.67. The van der Waals surface area contributed by atoms with Crippen molar-refractivity contribution >= 4 is 11.8 Å². The van der Waals surface area contributed by atoms with Gasteiger partial charge in [-0.2, -0.15) is 10.2 Å². The van der Waals surface area contributed by atoms with Crippen LogP contribution in [0.1, 0.15) is 11.1 Å². The molecule has 0 aliphatic rings. The number of nitrogens with zero attached hydrogens (tertiary/aromatic N) is 4. The van der Waals surface area contributed by atoms with Gasteiger partial charge >= 0.3 is 0 Å². The second-order valence-corrected chi connectivity index (χ2v) is 3.94. The van der Waals surface area contributed by atoms with E-state index in [0.29, 0.717) is 12.1 Å². The standard InChI is InChI=1S/C13H13N5/c1-18(12-5-6-16-13(15)17-12)9-11-4-2-3-10(7-11)8-14/h2-7H,9H2,1H3,(H2,15,16,17). The van der Waals surface area contributed by atoms with Gasteiger partial charge in [-0.05, 0) is 23.8 Å². The quantitative estimate of drug-likeness (QED) is 0.879. The molecule has 1 heterocycles. The fourth-order valence-electron chi connectivity index (χ4n) is 1.67. The minimum absolute atomic E-state index is 0.255. The number of nitriles is 1. The summed E-state index contributed by atoms with van der Waals surface area (Å²) in [5.41, 5.74) is 7.25. The number of hydrogen-bond donors (Lipinski definition) is 1. The molecule has 0 fully saturated rings. The summed E-state index contributed by atoms with van der Waals surface area (Å²) < 4.78 is 0. The Morgan fingerprint density at radius 2 is 2.22 bits per heavy atom. The zero-order valence-corrected chi connectivity index (χ0v) is 10.0. The Balaban J connectivity index is 2.16. The summed E-state index contributed by atoms with van der Waals surface area (Å²) in [7, 11) is 1.92. The molecule has 0 atom stereocenters. The van der Waals surface area contributed by atoms with Crippen molar-refractivity contribution in [2.75, 3.05) is 17.7 Å². The van der Waals surface area contributed by atoms with Gasteiger partial charge in [0.15, 0.2) is 0 Å². The van der Waals surface area contributed by atoms with Crippen molar-refractivity contribution < 1.29 is 0 Å². The van der Waals surface area contributed by atoms with Crippen LogP contribution in [0.3, 0.4) is 0 Å². The van der Waals surface area contributed by atoms with Crippen molar-refractivity contribution in [3.63, 3.8) is 0 Å². The molecule has 18 heavy (non-hydrogen) atoms. The summed E-state index contributed by atoms with van der Waals surface area (Å²) in [5, 5.41) is 8.85. The Morgan fingerprint density at radius 3 is 2.94 bits per heavy atom. The van der Waals surface area contributed by atoms with Crippen LogP contribution in [-0.4, -0.2) is 17.0 Å². The van der Waals surface area contributed by atoms with Crippen LogP contribution in [0.2, 0.25) is 0 Å². The molecule has 1 aromatic heterocycles. The van der Waals surface area contributed by atoms with E-state index in [1.165, 1.54) is 0 Å². The van der Waals surface area contributed by atoms with Crippen LogP contribution in [0.25, 0.3) is 0 Å². The summed E-state index contributed by atoms with van der Waals surface area (Å²) in [4.78, 5) is 9.95. The highest BCUT2D eigenvalue weighted by Crippen LogP contribution is 2.13. The van der Waals surface area contributed by atoms with Gasteiger partial charge in [-0.15, -0.1) is 0 Å². The van der Waals surface area contributed by atoms with Crippen LogP contribution in [0.15, 0.2) is 36.5 Å². The van der Waals surface area contributed by atoms with E-state index in [-0.39, 0.29) is 5.95 Å². The van der Waals surface area contributed by atoms with Crippen LogP contribution in [0.5, 0.6) is 0 Å². The normalized spacial score (nSPS) is 9.78. The zero-order valence-electron chi connectivity index (χ0n) is 10.0. The first-order valence-corrected chi connectivity index (χ1v) is 5.48. The molecule has 0 aliphatic carbocycles. The number of anilines is 2. The Morgan fingerprint density at radius 1 is 1.39 bits per heavy atom. The largest absolute Gasteiger partial charge is 0.368 e. The number of rotatable bonds is 3. The maximum absolute atomic E-state index is 8.85. The van der Waals surface area contributed by atoms with E-state index in [0.717, 1.165) is 11.4 Å². The summed E-state index contributed by atoms with van der Waals surface area (Å²) in [6.07, 6.45) is 1.62. The van der Waals surface area contributed by atoms with E-state index in [9.17, 15) is 0 Å². The molecule has 0 bridgehead atoms. The minimum Gasteiger partial charge on any atom is -0.368 e. The average molecular weight is 239 g/mol. The highest BCUT2D eigenvalue weighted by atomic mass is 15.2. The third-order valence-electron chi connectivity index (χ3n) is 2.53. The molecule has 0 aliphatic heterocycles. The Labute approximate surface area is 106 Å². The molecule has 0 unspecified atom stereocenters. The van der Waals surface area contributed by atoms with Crippen molar-refractivity contribution in [2.45, 2.75) is 6.54 Å². The van der Waals surface area contributed by atoms with E-state index in [1.807, 2.05) is 30.1 Å². The molecule has 0 amide bonds. The summed E-state index contributed by atoms with van der Waals surface area (Å²) in [5.74, 6) is 1.01. The first-order chi connectivity index (χ1) is 8.69. The van der Waals surface area contributed by atoms with Gasteiger partial charge in [0, 0.05) is 19.8 Å². The number of benzene rings is 1. The molecule has 2 rings (SSSR count). The Bertz CT molecular complexity index is 588. The molecular weight excluding hydrogens is 226 g/mol. The number of nitrogen functional groups attached to an aromatic ring is 1. The van der Waals surface area contributed by atoms with Crippen LogP contribution < -0.4 is 10.6 Å². The van der Waals surface area contributed by atoms with Gasteiger partial charge in [0.1, 0.15) is 5.82 Å². The first-order valence-electron chi connectivity index (χ1n) is 5.48. The van der Waals surface area contributed by atoms with Crippen molar-refractivity contribution in [2.24, 2.45) is 0 Å². The molecular formula is C13H13N5. The SMILES string of the molecule is CN(Cc1cccc(C#N)c1)c1ccnc(N)n1. The maximum Gasteiger partial charge on any atom is 0.221 e. The monoisotopic (exact) mass is 239 g/mol. The van der Waals surface area contributed by atoms with Crippen LogP contribution in [-0.2, 0) is 6.54 Å². The topological polar surface area (TPSA) is 78.8 Å². The summed E-state index contributed by atoms with van der Waals surface area (Å²) in [6, 6.07) is 11.4. The van der Waals surface area contributed by atoms with E-state index in [2.05, 4.69) is 16.0 Å². The molecule has 0 saturated carbocycles. The minimum atomic E-state index is 0.255. The maximum atomic E-state index is 8.85. The number of aromatic nitrogens is 2. The van der Waals surface area contributed by atoms with Crippen molar-refractivity contribution in [3.05, 3.63) is 47.7 Å². The lowest BCUT2D eigenvalue weighted by atomic mass is 10.1. The molecule has 2 N–H and O–H groups in total. The second kappa shape index (κ2) is 5.15. The third-order valence-corrected chi connectivity index (χ3v) is 2.53. The second-order valence-electron chi connectivity index (χ2n) is 3.94. The average Bonchev–Trinajstić information content (AvgIpc) is 2.39. The van der Waals surface area contributed by atoms with Gasteiger partial charge in [0.25, 0.3) is 0 Å². The highest BCUT2D eigenvalue weighted by Gasteiger charge is 2.04. The lowest BCUT2D eigenvalue weighted by molar-refractivity contribution is 0.893. The van der Waals surface area contributed by atoms with Gasteiger partial charge < -0.3 is 10.6 Å². The highest BCUT2D eigenvalue weighted by molar-refractivity contribution is 5.42. The molecule has 1 aromatic carbocycles. The van der Waals surface area contributed by atoms with Gasteiger partial charge in [-0.25, -0.2) is 4.98 Å². The summed E-state index contributed by atoms with van der Waals surface area (Å²) in [6.45, 7) is 0.659. The van der Waals surface area contributed by atoms with Crippen molar-refractivity contribution in [1.29, 1.82) is 5.26 Å². The van der Waals surface area contributed by atoms with E-state index in [1.54, 1.807) is 18.3 Å². The molecule has 0 radical (unpaired) electrons. The van der Waals surface area contributed by atoms with Crippen molar-refractivity contribution in [3.8, 4) is 6.07 Å². The lowest BCUT2D eigenvalue weighted by Gasteiger charge is -2.18. The molecule has 0 spiro atoms. The first kappa shape index (κ1) is 11.9. The molecule has 90 valence electrons. The smallest absolute Gasteiger partial charge is 0.221 e. The summed E-state index contributed by atoms with van der Waals surface area (Å²) >= 11 is 0. The van der Waals surface area contributed by atoms with Gasteiger partial charge in [0.05, 0.1) is 11.6 Å². The molecule has 5 heteroatoms. The van der Waals surface area contributed by atoms with Gasteiger partial charge in [-0.3, -0.25) is 0 Å². The Hall–Kier alpha value is -2.61. The molecule has 2 aromatic rings. The number of hydrogen-bond acceptors (Lipinski definition) is 5. The predicted molar refractivity (Wildman–Crippen MR) is 69.7 cm³/mol. The predicted octanol–water partition coefficient (Wildman–Crippen LogP) is 1.57. The molecule has 0 saturated heterocycles.